The molecule has 0 aromatic rings. The van der Waals surface area contributed by atoms with E-state index in [9.17, 15) is 14.3 Å². The van der Waals surface area contributed by atoms with E-state index < -0.39 is 37.8 Å². The second kappa shape index (κ2) is 6.09. The van der Waals surface area contributed by atoms with Gasteiger partial charge >= 0.3 is 5.97 Å². The van der Waals surface area contributed by atoms with E-state index in [1.54, 1.807) is 0 Å². The highest BCUT2D eigenvalue weighted by molar-refractivity contribution is 7.44. The molecule has 1 aliphatic rings. The average Bonchev–Trinajstić information content (AvgIpc) is 2.21. The van der Waals surface area contributed by atoms with Crippen LogP contribution < -0.4 is 4.89 Å². The molecule has 5 atom stereocenters. The lowest BCUT2D eigenvalue weighted by Gasteiger charge is -2.44. The number of azide groups is 1. The molecule has 0 aromatic carbocycles. The van der Waals surface area contributed by atoms with Crippen molar-refractivity contribution in [3.8, 4) is 0 Å². The first-order valence-corrected chi connectivity index (χ1v) is 7.18. The molecule has 114 valence electrons. The number of carbonyl (C=O) groups is 1. The van der Waals surface area contributed by atoms with Gasteiger partial charge in [-0.05, 0) is 12.5 Å². The maximum atomic E-state index is 11.1. The summed E-state index contributed by atoms with van der Waals surface area (Å²) in [4.78, 5) is 33.2. The molecule has 1 aliphatic heterocycles. The molecule has 10 nitrogen and oxygen atoms in total. The van der Waals surface area contributed by atoms with Gasteiger partial charge in [-0.25, -0.2) is 0 Å². The van der Waals surface area contributed by atoms with Gasteiger partial charge in [0.1, 0.15) is 6.10 Å². The lowest BCUT2D eigenvalue weighted by atomic mass is 9.86. The fourth-order valence-corrected chi connectivity index (χ4v) is 2.55. The van der Waals surface area contributed by atoms with E-state index in [2.05, 4.69) is 14.5 Å². The lowest BCUT2D eigenvalue weighted by molar-refractivity contribution is -0.264. The number of nitrogens with zero attached hydrogens (tertiary/aromatic N) is 3. The summed E-state index contributed by atoms with van der Waals surface area (Å²) < 4.78 is 25.3. The first kappa shape index (κ1) is 16.9. The maximum absolute atomic E-state index is 11.1. The van der Waals surface area contributed by atoms with Crippen LogP contribution in [0.3, 0.4) is 0 Å². The zero-order valence-electron chi connectivity index (χ0n) is 11.1. The van der Waals surface area contributed by atoms with Crippen LogP contribution in [0.25, 0.3) is 10.4 Å². The molecule has 20 heavy (non-hydrogen) atoms. The van der Waals surface area contributed by atoms with E-state index in [0.29, 0.717) is 0 Å². The number of hydrogen-bond acceptors (Lipinski definition) is 7. The molecule has 0 saturated carbocycles. The van der Waals surface area contributed by atoms with Crippen LogP contribution in [0, 0.1) is 0 Å². The molecular formula is C9H15N3O7P-. The van der Waals surface area contributed by atoms with Crippen LogP contribution >= 0.6 is 7.82 Å². The molecule has 1 saturated heterocycles. The number of hydrogen-bond donors (Lipinski definition) is 1. The summed E-state index contributed by atoms with van der Waals surface area (Å²) in [6.07, 6.45) is -3.23. The van der Waals surface area contributed by atoms with Gasteiger partial charge in [0.25, 0.3) is 7.82 Å². The van der Waals surface area contributed by atoms with Gasteiger partial charge in [-0.1, -0.05) is 12.0 Å². The standard InChI is InChI=1S/C9H16N3O7P/c1-5-8(18-6(2)13)9(3,11-12-10)4-7(17-5)19-20(14,15)16/h5,7-8H,4H2,1-3H3,(H2,14,15,16)/p-1/t5-,7+,8-,9-/m0/s1. The highest BCUT2D eigenvalue weighted by Crippen LogP contribution is 2.41. The summed E-state index contributed by atoms with van der Waals surface area (Å²) in [6.45, 7) is 4.16. The Balaban J connectivity index is 3.00. The van der Waals surface area contributed by atoms with Crippen molar-refractivity contribution >= 4 is 13.8 Å². The fraction of sp³-hybridized carbons (Fsp3) is 0.889. The Morgan fingerprint density at radius 2 is 2.30 bits per heavy atom. The molecule has 1 rings (SSSR count). The van der Waals surface area contributed by atoms with Crippen molar-refractivity contribution in [2.45, 2.75) is 51.2 Å². The monoisotopic (exact) mass is 308 g/mol. The quantitative estimate of drug-likeness (QED) is 0.262. The largest absolute Gasteiger partial charge is 0.756 e. The van der Waals surface area contributed by atoms with E-state index in [1.165, 1.54) is 20.8 Å². The fourth-order valence-electron chi connectivity index (χ4n) is 2.13. The molecule has 0 aromatic heterocycles. The molecule has 1 unspecified atom stereocenters. The van der Waals surface area contributed by atoms with E-state index in [0.717, 1.165) is 0 Å². The smallest absolute Gasteiger partial charge is 0.303 e. The third kappa shape index (κ3) is 4.45. The number of esters is 1. The van der Waals surface area contributed by atoms with Crippen molar-refractivity contribution in [3.63, 3.8) is 0 Å². The van der Waals surface area contributed by atoms with Crippen LogP contribution in [-0.4, -0.2) is 34.9 Å². The Bertz CT molecular complexity index is 474. The van der Waals surface area contributed by atoms with Crippen molar-refractivity contribution in [2.24, 2.45) is 5.11 Å². The van der Waals surface area contributed by atoms with Crippen molar-refractivity contribution in [3.05, 3.63) is 10.4 Å². The Morgan fingerprint density at radius 3 is 2.75 bits per heavy atom. The Labute approximate surface area is 114 Å². The van der Waals surface area contributed by atoms with Gasteiger partial charge in [0.05, 0.1) is 11.6 Å². The molecule has 0 aliphatic carbocycles. The van der Waals surface area contributed by atoms with Crippen LogP contribution in [0.4, 0.5) is 0 Å². The summed E-state index contributed by atoms with van der Waals surface area (Å²) in [5, 5.41) is 3.55. The molecule has 1 fully saturated rings. The SMILES string of the molecule is CC(=O)O[C@H]1[C@H](C)O[C@H](OP(=O)([O-])O)C[C@]1(C)N=[N+]=[N-]. The number of rotatable bonds is 4. The van der Waals surface area contributed by atoms with Crippen LogP contribution in [0.1, 0.15) is 27.2 Å². The van der Waals surface area contributed by atoms with Crippen molar-refractivity contribution in [1.82, 2.24) is 0 Å². The van der Waals surface area contributed by atoms with Gasteiger partial charge in [0, 0.05) is 18.3 Å². The van der Waals surface area contributed by atoms with Gasteiger partial charge in [0.15, 0.2) is 6.29 Å². The first-order chi connectivity index (χ1) is 9.07. The van der Waals surface area contributed by atoms with E-state index >= 15 is 0 Å². The van der Waals surface area contributed by atoms with Crippen LogP contribution in [0.5, 0.6) is 0 Å². The normalized spacial score (nSPS) is 36.5. The Morgan fingerprint density at radius 1 is 1.70 bits per heavy atom. The summed E-state index contributed by atoms with van der Waals surface area (Å²) in [5.74, 6) is -0.596. The molecule has 1 heterocycles. The highest BCUT2D eigenvalue weighted by atomic mass is 31.2. The summed E-state index contributed by atoms with van der Waals surface area (Å²) >= 11 is 0. The minimum Gasteiger partial charge on any atom is -0.756 e. The predicted molar refractivity (Wildman–Crippen MR) is 63.0 cm³/mol. The Hall–Kier alpha value is -1.15. The average molecular weight is 308 g/mol. The molecule has 0 amide bonds. The third-order valence-electron chi connectivity index (χ3n) is 2.80. The van der Waals surface area contributed by atoms with Crippen LogP contribution in [-0.2, 0) is 23.4 Å². The van der Waals surface area contributed by atoms with Gasteiger partial charge in [-0.3, -0.25) is 13.9 Å². The highest BCUT2D eigenvalue weighted by Gasteiger charge is 2.48. The van der Waals surface area contributed by atoms with Gasteiger partial charge in [-0.2, -0.15) is 0 Å². The molecule has 0 radical (unpaired) electrons. The zero-order valence-corrected chi connectivity index (χ0v) is 12.0. The number of phosphoric ester groups is 1. The first-order valence-electron chi connectivity index (χ1n) is 5.68. The zero-order chi connectivity index (χ0) is 15.6. The minimum absolute atomic E-state index is 0.202. The summed E-state index contributed by atoms with van der Waals surface area (Å²) in [6, 6.07) is 0. The molecule has 0 spiro atoms. The molecule has 1 N–H and O–H groups in total. The molecule has 0 bridgehead atoms. The molecule has 11 heteroatoms. The summed E-state index contributed by atoms with van der Waals surface area (Å²) in [7, 11) is -5.00. The Kier molecular flexibility index (Phi) is 5.15. The van der Waals surface area contributed by atoms with Crippen LogP contribution in [0.15, 0.2) is 5.11 Å². The second-order valence-corrected chi connectivity index (χ2v) is 5.77. The predicted octanol–water partition coefficient (Wildman–Crippen LogP) is 0.599. The van der Waals surface area contributed by atoms with Gasteiger partial charge in [0.2, 0.25) is 0 Å². The number of phosphoric acid groups is 1. The topological polar surface area (TPSA) is 154 Å². The lowest BCUT2D eigenvalue weighted by Crippen LogP contribution is -2.55. The van der Waals surface area contributed by atoms with E-state index in [4.69, 9.17) is 19.9 Å². The number of carbonyl (C=O) groups excluding carboxylic acids is 1. The van der Waals surface area contributed by atoms with Crippen molar-refractivity contribution in [2.75, 3.05) is 0 Å². The van der Waals surface area contributed by atoms with Crippen molar-refractivity contribution in [1.29, 1.82) is 0 Å². The van der Waals surface area contributed by atoms with Gasteiger partial charge < -0.3 is 19.3 Å². The van der Waals surface area contributed by atoms with Crippen LogP contribution in [0.2, 0.25) is 0 Å². The van der Waals surface area contributed by atoms with Crippen molar-refractivity contribution < 1.29 is 33.1 Å². The third-order valence-corrected chi connectivity index (χ3v) is 3.30. The van der Waals surface area contributed by atoms with Gasteiger partial charge in [-0.15, -0.1) is 0 Å². The maximum Gasteiger partial charge on any atom is 0.303 e. The summed E-state index contributed by atoms with van der Waals surface area (Å²) in [5.41, 5.74) is 7.35. The van der Waals surface area contributed by atoms with E-state index in [1.807, 2.05) is 0 Å². The minimum atomic E-state index is -5.00. The number of ether oxygens (including phenoxy) is 2. The van der Waals surface area contributed by atoms with E-state index in [-0.39, 0.29) is 6.42 Å². The molecular weight excluding hydrogens is 293 g/mol. The second-order valence-electron chi connectivity index (χ2n) is 4.63.